The van der Waals surface area contributed by atoms with Crippen LogP contribution in [0.5, 0.6) is 5.75 Å². The van der Waals surface area contributed by atoms with Gasteiger partial charge in [-0.25, -0.2) is 15.0 Å². The van der Waals surface area contributed by atoms with Gasteiger partial charge in [-0.2, -0.15) is 0 Å². The number of halogens is 1. The number of hydrogen-bond donors (Lipinski definition) is 2. The molecule has 0 aliphatic heterocycles. The van der Waals surface area contributed by atoms with Crippen LogP contribution in [0.3, 0.4) is 0 Å². The number of aryl methyl sites for hydroxylation is 1. The Morgan fingerprint density at radius 2 is 2.10 bits per heavy atom. The lowest BCUT2D eigenvalue weighted by molar-refractivity contribution is 0.475. The molecule has 106 valence electrons. The van der Waals surface area contributed by atoms with Crippen molar-refractivity contribution in [3.05, 3.63) is 47.6 Å². The molecule has 0 radical (unpaired) electrons. The van der Waals surface area contributed by atoms with Crippen molar-refractivity contribution in [2.24, 2.45) is 0 Å². The summed E-state index contributed by atoms with van der Waals surface area (Å²) in [6, 6.07) is 4.87. The number of imidazole rings is 1. The molecule has 0 atom stereocenters. The zero-order chi connectivity index (χ0) is 15.0. The summed E-state index contributed by atoms with van der Waals surface area (Å²) >= 11 is 5.96. The zero-order valence-electron chi connectivity index (χ0n) is 11.2. The maximum Gasteiger partial charge on any atom is 0.167 e. The van der Waals surface area contributed by atoms with Gasteiger partial charge in [0.25, 0.3) is 0 Å². The summed E-state index contributed by atoms with van der Waals surface area (Å²) in [5.74, 6) is 0.891. The highest BCUT2D eigenvalue weighted by Gasteiger charge is 2.14. The molecule has 0 unspecified atom stereocenters. The summed E-state index contributed by atoms with van der Waals surface area (Å²) < 4.78 is 1.79. The van der Waals surface area contributed by atoms with Gasteiger partial charge >= 0.3 is 0 Å². The van der Waals surface area contributed by atoms with Crippen molar-refractivity contribution in [2.75, 3.05) is 5.73 Å². The average molecular weight is 302 g/mol. The number of hydrogen-bond acceptors (Lipinski definition) is 5. The average Bonchev–Trinajstić information content (AvgIpc) is 2.88. The van der Waals surface area contributed by atoms with Crippen LogP contribution in [0, 0.1) is 6.92 Å². The molecule has 3 rings (SSSR count). The van der Waals surface area contributed by atoms with Gasteiger partial charge in [-0.1, -0.05) is 11.6 Å². The van der Waals surface area contributed by atoms with Crippen molar-refractivity contribution in [1.82, 2.24) is 19.5 Å². The van der Waals surface area contributed by atoms with Crippen LogP contribution in [0.2, 0.25) is 5.02 Å². The van der Waals surface area contributed by atoms with E-state index in [1.807, 2.05) is 6.92 Å². The molecular formula is C14H12ClN5O. The SMILES string of the molecule is Cc1cncn1-c1nc(N)cnc1-c1ccc(O)c(Cl)c1. The Balaban J connectivity index is 2.23. The minimum Gasteiger partial charge on any atom is -0.506 e. The van der Waals surface area contributed by atoms with Crippen molar-refractivity contribution in [3.63, 3.8) is 0 Å². The van der Waals surface area contributed by atoms with Gasteiger partial charge in [0.15, 0.2) is 5.82 Å². The lowest BCUT2D eigenvalue weighted by atomic mass is 10.1. The minimum atomic E-state index is 0.0178. The molecule has 2 heterocycles. The van der Waals surface area contributed by atoms with Crippen LogP contribution in [0.15, 0.2) is 36.9 Å². The summed E-state index contributed by atoms with van der Waals surface area (Å²) in [7, 11) is 0. The molecule has 2 aromatic heterocycles. The Morgan fingerprint density at radius 1 is 1.29 bits per heavy atom. The van der Waals surface area contributed by atoms with Gasteiger partial charge in [0, 0.05) is 17.5 Å². The van der Waals surface area contributed by atoms with Gasteiger partial charge in [0.1, 0.15) is 23.6 Å². The summed E-state index contributed by atoms with van der Waals surface area (Å²) in [5, 5.41) is 9.78. The molecule has 0 aliphatic carbocycles. The highest BCUT2D eigenvalue weighted by atomic mass is 35.5. The number of nitrogen functional groups attached to an aromatic ring is 1. The lowest BCUT2D eigenvalue weighted by Crippen LogP contribution is -2.05. The first-order valence-electron chi connectivity index (χ1n) is 6.17. The number of phenolic OH excluding ortho intramolecular Hbond substituents is 1. The fourth-order valence-electron chi connectivity index (χ4n) is 2.00. The third kappa shape index (κ3) is 2.41. The van der Waals surface area contributed by atoms with E-state index in [-0.39, 0.29) is 10.8 Å². The molecule has 1 aromatic carbocycles. The monoisotopic (exact) mass is 301 g/mol. The molecule has 7 heteroatoms. The van der Waals surface area contributed by atoms with Crippen molar-refractivity contribution in [1.29, 1.82) is 0 Å². The summed E-state index contributed by atoms with van der Waals surface area (Å²) in [6.07, 6.45) is 4.84. The van der Waals surface area contributed by atoms with E-state index in [4.69, 9.17) is 17.3 Å². The number of aromatic hydroxyl groups is 1. The van der Waals surface area contributed by atoms with Crippen LogP contribution < -0.4 is 5.73 Å². The van der Waals surface area contributed by atoms with E-state index in [1.165, 1.54) is 12.3 Å². The normalized spacial score (nSPS) is 10.8. The van der Waals surface area contributed by atoms with Crippen LogP contribution >= 0.6 is 11.6 Å². The summed E-state index contributed by atoms with van der Waals surface area (Å²) in [5.41, 5.74) is 7.98. The Bertz CT molecular complexity index is 815. The Labute approximate surface area is 125 Å². The molecule has 0 bridgehead atoms. The van der Waals surface area contributed by atoms with Gasteiger partial charge in [-0.15, -0.1) is 0 Å². The van der Waals surface area contributed by atoms with E-state index in [9.17, 15) is 5.11 Å². The van der Waals surface area contributed by atoms with Crippen LogP contribution in [0.25, 0.3) is 17.1 Å². The third-order valence-electron chi connectivity index (χ3n) is 3.05. The van der Waals surface area contributed by atoms with Crippen LogP contribution in [-0.2, 0) is 0 Å². The molecule has 0 amide bonds. The predicted octanol–water partition coefficient (Wildman–Crippen LogP) is 2.58. The Morgan fingerprint density at radius 3 is 2.76 bits per heavy atom. The largest absolute Gasteiger partial charge is 0.506 e. The first kappa shape index (κ1) is 13.4. The maximum absolute atomic E-state index is 9.53. The van der Waals surface area contributed by atoms with Crippen LogP contribution in [0.4, 0.5) is 5.82 Å². The zero-order valence-corrected chi connectivity index (χ0v) is 11.9. The number of rotatable bonds is 2. The van der Waals surface area contributed by atoms with Gasteiger partial charge < -0.3 is 10.8 Å². The smallest absolute Gasteiger partial charge is 0.167 e. The highest BCUT2D eigenvalue weighted by molar-refractivity contribution is 6.32. The molecule has 0 fully saturated rings. The summed E-state index contributed by atoms with van der Waals surface area (Å²) in [4.78, 5) is 12.8. The topological polar surface area (TPSA) is 89.9 Å². The lowest BCUT2D eigenvalue weighted by Gasteiger charge is -2.11. The first-order chi connectivity index (χ1) is 10.1. The van der Waals surface area contributed by atoms with Gasteiger partial charge in [0.05, 0.1) is 11.2 Å². The third-order valence-corrected chi connectivity index (χ3v) is 3.35. The number of anilines is 1. The molecule has 3 aromatic rings. The highest BCUT2D eigenvalue weighted by Crippen LogP contribution is 2.31. The molecule has 3 N–H and O–H groups in total. The number of phenols is 1. The fraction of sp³-hybridized carbons (Fsp3) is 0.0714. The van der Waals surface area contributed by atoms with Crippen LogP contribution in [-0.4, -0.2) is 24.6 Å². The molecule has 21 heavy (non-hydrogen) atoms. The number of aromatic nitrogens is 4. The van der Waals surface area contributed by atoms with E-state index >= 15 is 0 Å². The summed E-state index contributed by atoms with van der Waals surface area (Å²) in [6.45, 7) is 1.91. The van der Waals surface area contributed by atoms with Gasteiger partial charge in [-0.05, 0) is 25.1 Å². The first-order valence-corrected chi connectivity index (χ1v) is 6.55. The molecule has 0 saturated carbocycles. The second-order valence-corrected chi connectivity index (χ2v) is 4.95. The Hall–Kier alpha value is -2.60. The minimum absolute atomic E-state index is 0.0178. The standard InChI is InChI=1S/C14H12ClN5O/c1-8-5-17-7-20(8)14-13(18-6-12(16)19-14)9-2-3-11(21)10(15)4-9/h2-7,21H,1H3,(H2,16,19). The predicted molar refractivity (Wildman–Crippen MR) is 80.4 cm³/mol. The second-order valence-electron chi connectivity index (χ2n) is 4.54. The number of nitrogens with zero attached hydrogens (tertiary/aromatic N) is 4. The molecule has 0 aliphatic rings. The van der Waals surface area contributed by atoms with Crippen molar-refractivity contribution < 1.29 is 5.11 Å². The van der Waals surface area contributed by atoms with Crippen molar-refractivity contribution in [3.8, 4) is 22.8 Å². The van der Waals surface area contributed by atoms with Crippen LogP contribution in [0.1, 0.15) is 5.69 Å². The Kier molecular flexibility index (Phi) is 3.23. The molecule has 0 saturated heterocycles. The molecule has 6 nitrogen and oxygen atoms in total. The van der Waals surface area contributed by atoms with Crippen molar-refractivity contribution in [2.45, 2.75) is 6.92 Å². The number of nitrogens with two attached hydrogens (primary N) is 1. The van der Waals surface area contributed by atoms with Gasteiger partial charge in [0.2, 0.25) is 0 Å². The van der Waals surface area contributed by atoms with E-state index in [0.717, 1.165) is 11.3 Å². The molecule has 0 spiro atoms. The molecular weight excluding hydrogens is 290 g/mol. The van der Waals surface area contributed by atoms with Crippen molar-refractivity contribution >= 4 is 17.4 Å². The van der Waals surface area contributed by atoms with Gasteiger partial charge in [-0.3, -0.25) is 4.57 Å². The van der Waals surface area contributed by atoms with E-state index < -0.39 is 0 Å². The maximum atomic E-state index is 9.53. The van der Waals surface area contributed by atoms with E-state index in [1.54, 1.807) is 29.2 Å². The fourth-order valence-corrected chi connectivity index (χ4v) is 2.18. The second kappa shape index (κ2) is 5.06. The van der Waals surface area contributed by atoms with E-state index in [0.29, 0.717) is 17.3 Å². The number of benzene rings is 1. The van der Waals surface area contributed by atoms with E-state index in [2.05, 4.69) is 15.0 Å². The quantitative estimate of drug-likeness (QED) is 0.759.